The molecule has 3 nitrogen and oxygen atoms in total. The number of nitrogens with one attached hydrogen (secondary N) is 1. The van der Waals surface area contributed by atoms with Crippen molar-refractivity contribution in [2.45, 2.75) is 25.0 Å². The lowest BCUT2D eigenvalue weighted by Crippen LogP contribution is -2.28. The van der Waals surface area contributed by atoms with E-state index in [1.807, 2.05) is 18.2 Å². The molecule has 0 spiro atoms. The van der Waals surface area contributed by atoms with Crippen molar-refractivity contribution in [2.24, 2.45) is 10.9 Å². The third kappa shape index (κ3) is 5.19. The maximum Gasteiger partial charge on any atom is 0.128 e. The SMILES string of the molecule is Clc1ccc(COc2ccc(Cl)cc2C=Nc2ccc([C@@H]3Nc4ccccc4[C@@H]4C=CC[C@@H]43)cc2)c(Cl)c1. The van der Waals surface area contributed by atoms with E-state index in [-0.39, 0.29) is 6.04 Å². The third-order valence-electron chi connectivity index (χ3n) is 7.25. The van der Waals surface area contributed by atoms with Gasteiger partial charge in [0.2, 0.25) is 0 Å². The van der Waals surface area contributed by atoms with Crippen molar-refractivity contribution in [3.05, 3.63) is 134 Å². The van der Waals surface area contributed by atoms with Crippen LogP contribution in [0.15, 0.2) is 102 Å². The summed E-state index contributed by atoms with van der Waals surface area (Å²) in [7, 11) is 0. The highest BCUT2D eigenvalue weighted by atomic mass is 35.5. The quantitative estimate of drug-likeness (QED) is 0.188. The van der Waals surface area contributed by atoms with Gasteiger partial charge in [-0.15, -0.1) is 0 Å². The number of anilines is 1. The van der Waals surface area contributed by atoms with E-state index >= 15 is 0 Å². The van der Waals surface area contributed by atoms with Crippen LogP contribution in [0, 0.1) is 5.92 Å². The summed E-state index contributed by atoms with van der Waals surface area (Å²) < 4.78 is 6.06. The average molecular weight is 560 g/mol. The highest BCUT2D eigenvalue weighted by molar-refractivity contribution is 6.35. The zero-order valence-corrected chi connectivity index (χ0v) is 22.7. The van der Waals surface area contributed by atoms with Crippen LogP contribution in [-0.4, -0.2) is 6.21 Å². The van der Waals surface area contributed by atoms with E-state index < -0.39 is 0 Å². The number of aliphatic imine (C=N–C) groups is 1. The number of nitrogens with zero attached hydrogens (tertiary/aromatic N) is 1. The summed E-state index contributed by atoms with van der Waals surface area (Å²) in [6.07, 6.45) is 7.54. The van der Waals surface area contributed by atoms with Gasteiger partial charge in [0, 0.05) is 44.0 Å². The molecule has 190 valence electrons. The molecule has 1 N–H and O–H groups in total. The fourth-order valence-corrected chi connectivity index (χ4v) is 5.97. The molecule has 0 bridgehead atoms. The van der Waals surface area contributed by atoms with Gasteiger partial charge in [0.05, 0.1) is 11.7 Å². The van der Waals surface area contributed by atoms with E-state index in [9.17, 15) is 0 Å². The Morgan fingerprint density at radius 3 is 2.53 bits per heavy atom. The molecule has 0 fully saturated rings. The summed E-state index contributed by atoms with van der Waals surface area (Å²) in [5, 5.41) is 5.55. The lowest BCUT2D eigenvalue weighted by molar-refractivity contribution is 0.306. The Kier molecular flexibility index (Phi) is 7.16. The fourth-order valence-electron chi connectivity index (χ4n) is 5.33. The van der Waals surface area contributed by atoms with Gasteiger partial charge in [-0.05, 0) is 72.0 Å². The first kappa shape index (κ1) is 25.1. The second kappa shape index (κ2) is 10.9. The van der Waals surface area contributed by atoms with E-state index in [0.29, 0.717) is 39.3 Å². The van der Waals surface area contributed by atoms with Crippen LogP contribution in [0.4, 0.5) is 11.4 Å². The Morgan fingerprint density at radius 1 is 0.895 bits per heavy atom. The third-order valence-corrected chi connectivity index (χ3v) is 8.07. The first-order valence-corrected chi connectivity index (χ1v) is 13.7. The van der Waals surface area contributed by atoms with E-state index in [1.54, 1.807) is 24.4 Å². The highest BCUT2D eigenvalue weighted by Gasteiger charge is 2.37. The zero-order chi connectivity index (χ0) is 26.1. The number of ether oxygens (including phenoxy) is 1. The molecule has 1 heterocycles. The topological polar surface area (TPSA) is 33.6 Å². The average Bonchev–Trinajstić information content (AvgIpc) is 3.43. The molecular formula is C32H25Cl3N2O. The number of hydrogen-bond acceptors (Lipinski definition) is 3. The van der Waals surface area contributed by atoms with Crippen LogP contribution in [0.1, 0.15) is 40.6 Å². The molecule has 4 aromatic carbocycles. The first-order chi connectivity index (χ1) is 18.5. The van der Waals surface area contributed by atoms with Gasteiger partial charge in [-0.3, -0.25) is 4.99 Å². The number of para-hydroxylation sites is 1. The first-order valence-electron chi connectivity index (χ1n) is 12.6. The normalized spacial score (nSPS) is 19.7. The van der Waals surface area contributed by atoms with Gasteiger partial charge in [-0.1, -0.05) is 83.4 Å². The monoisotopic (exact) mass is 558 g/mol. The maximum absolute atomic E-state index is 6.31. The molecule has 2 aliphatic rings. The van der Waals surface area contributed by atoms with Gasteiger partial charge in [0.15, 0.2) is 0 Å². The highest BCUT2D eigenvalue weighted by Crippen LogP contribution is 2.49. The van der Waals surface area contributed by atoms with Gasteiger partial charge in [-0.2, -0.15) is 0 Å². The molecule has 38 heavy (non-hydrogen) atoms. The van der Waals surface area contributed by atoms with E-state index in [1.165, 1.54) is 16.8 Å². The van der Waals surface area contributed by atoms with Crippen LogP contribution in [0.3, 0.4) is 0 Å². The molecule has 0 saturated carbocycles. The largest absolute Gasteiger partial charge is 0.488 e. The number of halogens is 3. The molecule has 6 rings (SSSR count). The molecule has 6 heteroatoms. The predicted molar refractivity (Wildman–Crippen MR) is 159 cm³/mol. The van der Waals surface area contributed by atoms with Gasteiger partial charge in [-0.25, -0.2) is 0 Å². The molecule has 0 radical (unpaired) electrons. The molecule has 0 amide bonds. The van der Waals surface area contributed by atoms with Crippen LogP contribution >= 0.6 is 34.8 Å². The van der Waals surface area contributed by atoms with Crippen molar-refractivity contribution in [2.75, 3.05) is 5.32 Å². The Bertz CT molecular complexity index is 1530. The Morgan fingerprint density at radius 2 is 1.68 bits per heavy atom. The Labute approximate surface area is 237 Å². The minimum Gasteiger partial charge on any atom is -0.488 e. The number of allylic oxidation sites excluding steroid dienone is 2. The van der Waals surface area contributed by atoms with Crippen LogP contribution in [0.5, 0.6) is 5.75 Å². The van der Waals surface area contributed by atoms with Gasteiger partial charge >= 0.3 is 0 Å². The molecule has 1 aliphatic heterocycles. The minimum atomic E-state index is 0.260. The standard InChI is InChI=1S/C32H25Cl3N2O/c33-23-12-15-31(38-19-21-8-11-24(34)17-29(21)35)22(16-23)18-36-25-13-9-20(10-14-25)32-28-6-3-5-26(28)27-4-1-2-7-30(27)37-32/h1-5,7-18,26,28,32,37H,6,19H2/t26-,28-,32-/m0/s1. The second-order valence-corrected chi connectivity index (χ2v) is 10.9. The summed E-state index contributed by atoms with van der Waals surface area (Å²) >= 11 is 18.6. The molecule has 0 saturated heterocycles. The molecular weight excluding hydrogens is 535 g/mol. The van der Waals surface area contributed by atoms with E-state index in [0.717, 1.165) is 23.2 Å². The fraction of sp³-hybridized carbons (Fsp3) is 0.156. The lowest BCUT2D eigenvalue weighted by atomic mass is 9.77. The van der Waals surface area contributed by atoms with Crippen molar-refractivity contribution in [1.29, 1.82) is 0 Å². The zero-order valence-electron chi connectivity index (χ0n) is 20.5. The minimum absolute atomic E-state index is 0.260. The number of fused-ring (bicyclic) bond motifs is 3. The van der Waals surface area contributed by atoms with Crippen molar-refractivity contribution in [3.8, 4) is 5.75 Å². The van der Waals surface area contributed by atoms with Crippen LogP contribution in [0.2, 0.25) is 15.1 Å². The molecule has 1 aliphatic carbocycles. The number of hydrogen-bond donors (Lipinski definition) is 1. The van der Waals surface area contributed by atoms with Gasteiger partial charge < -0.3 is 10.1 Å². The van der Waals surface area contributed by atoms with Crippen molar-refractivity contribution < 1.29 is 4.74 Å². The summed E-state index contributed by atoms with van der Waals surface area (Å²) in [6.45, 7) is 0.307. The van der Waals surface area contributed by atoms with Crippen LogP contribution < -0.4 is 10.1 Å². The summed E-state index contributed by atoms with van der Waals surface area (Å²) in [4.78, 5) is 4.71. The summed E-state index contributed by atoms with van der Waals surface area (Å²) in [6, 6.07) is 28.2. The Balaban J connectivity index is 1.19. The molecule has 4 aromatic rings. The van der Waals surface area contributed by atoms with Gasteiger partial charge in [0.1, 0.15) is 12.4 Å². The summed E-state index contributed by atoms with van der Waals surface area (Å²) in [5.74, 6) is 1.64. The van der Waals surface area contributed by atoms with Crippen molar-refractivity contribution in [3.63, 3.8) is 0 Å². The van der Waals surface area contributed by atoms with Crippen molar-refractivity contribution >= 4 is 52.4 Å². The van der Waals surface area contributed by atoms with Crippen LogP contribution in [-0.2, 0) is 6.61 Å². The van der Waals surface area contributed by atoms with Crippen molar-refractivity contribution in [1.82, 2.24) is 0 Å². The van der Waals surface area contributed by atoms with Crippen LogP contribution in [0.25, 0.3) is 0 Å². The Hall–Kier alpha value is -3.24. The van der Waals surface area contributed by atoms with Gasteiger partial charge in [0.25, 0.3) is 0 Å². The second-order valence-electron chi connectivity index (χ2n) is 9.62. The smallest absolute Gasteiger partial charge is 0.128 e. The predicted octanol–water partition coefficient (Wildman–Crippen LogP) is 9.80. The molecule has 3 atom stereocenters. The summed E-state index contributed by atoms with van der Waals surface area (Å²) in [5.41, 5.74) is 6.38. The number of benzene rings is 4. The lowest BCUT2D eigenvalue weighted by Gasteiger charge is -2.37. The van der Waals surface area contributed by atoms with E-state index in [4.69, 9.17) is 44.5 Å². The van der Waals surface area contributed by atoms with E-state index in [2.05, 4.69) is 66.0 Å². The molecule has 0 aromatic heterocycles. The number of rotatable bonds is 6. The molecule has 0 unspecified atom stereocenters. The maximum atomic E-state index is 6.31.